The van der Waals surface area contributed by atoms with Crippen molar-refractivity contribution in [1.82, 2.24) is 14.1 Å². The van der Waals surface area contributed by atoms with Gasteiger partial charge in [-0.3, -0.25) is 9.69 Å². The van der Waals surface area contributed by atoms with Crippen molar-refractivity contribution in [2.75, 3.05) is 39.3 Å². The van der Waals surface area contributed by atoms with Crippen LogP contribution in [-0.4, -0.2) is 79.9 Å². The Kier molecular flexibility index (Phi) is 6.54. The monoisotopic (exact) mass is 433 g/mol. The van der Waals surface area contributed by atoms with Crippen molar-refractivity contribution in [3.8, 4) is 0 Å². The van der Waals surface area contributed by atoms with Gasteiger partial charge in [0.05, 0.1) is 16.9 Å². The zero-order chi connectivity index (χ0) is 21.2. The van der Waals surface area contributed by atoms with E-state index in [1.165, 1.54) is 16.4 Å². The molecule has 0 spiro atoms. The molecule has 1 aromatic carbocycles. The van der Waals surface area contributed by atoms with Crippen LogP contribution in [0.2, 0.25) is 0 Å². The van der Waals surface area contributed by atoms with E-state index in [9.17, 15) is 26.4 Å². The second-order valence-corrected chi connectivity index (χ2v) is 9.53. The molecular formula is C19H26F3N3O3S. The van der Waals surface area contributed by atoms with Crippen molar-refractivity contribution >= 4 is 15.9 Å². The molecule has 2 saturated heterocycles. The Balaban J connectivity index is 1.58. The molecule has 1 aromatic rings. The summed E-state index contributed by atoms with van der Waals surface area (Å²) in [6.45, 7) is 2.72. The number of likely N-dealkylation sites (tertiary alicyclic amines) is 1. The normalized spacial score (nSPS) is 23.7. The number of carbonyl (C=O) groups excluding carboxylic acids is 1. The number of piperidine rings is 1. The van der Waals surface area contributed by atoms with E-state index in [1.807, 2.05) is 0 Å². The van der Waals surface area contributed by atoms with Crippen molar-refractivity contribution in [2.45, 2.75) is 36.9 Å². The molecule has 6 nitrogen and oxygen atoms in total. The van der Waals surface area contributed by atoms with Crippen molar-refractivity contribution in [2.24, 2.45) is 5.92 Å². The van der Waals surface area contributed by atoms with Crippen LogP contribution in [-0.2, 0) is 14.8 Å². The highest BCUT2D eigenvalue weighted by Gasteiger charge is 2.43. The van der Waals surface area contributed by atoms with Gasteiger partial charge in [-0.1, -0.05) is 18.2 Å². The molecule has 10 heteroatoms. The summed E-state index contributed by atoms with van der Waals surface area (Å²) >= 11 is 0. The lowest BCUT2D eigenvalue weighted by molar-refractivity contribution is -0.189. The molecule has 0 aliphatic carbocycles. The minimum atomic E-state index is -4.25. The Labute approximate surface area is 169 Å². The van der Waals surface area contributed by atoms with Gasteiger partial charge in [-0.05, 0) is 38.4 Å². The summed E-state index contributed by atoms with van der Waals surface area (Å²) in [7, 11) is -3.62. The van der Waals surface area contributed by atoms with Crippen molar-refractivity contribution < 1.29 is 26.4 Å². The summed E-state index contributed by atoms with van der Waals surface area (Å²) in [5, 5.41) is 0. The van der Waals surface area contributed by atoms with E-state index in [0.29, 0.717) is 13.0 Å². The van der Waals surface area contributed by atoms with Gasteiger partial charge >= 0.3 is 6.18 Å². The van der Waals surface area contributed by atoms with E-state index in [-0.39, 0.29) is 49.9 Å². The zero-order valence-corrected chi connectivity index (χ0v) is 17.1. The standard InChI is InChI=1S/C19H26F3N3O3S/c1-15(24-9-5-6-16(14-24)19(20,21)22)18(26)23-10-12-25(13-11-23)29(27,28)17-7-3-2-4-8-17/h2-4,7-8,15-16H,5-6,9-14H2,1H3/t15-,16+/m0/s1. The van der Waals surface area contributed by atoms with Crippen LogP contribution in [0.5, 0.6) is 0 Å². The molecule has 0 bridgehead atoms. The third kappa shape index (κ3) is 4.92. The first-order chi connectivity index (χ1) is 13.6. The number of piperazine rings is 1. The van der Waals surface area contributed by atoms with E-state index in [1.54, 1.807) is 34.9 Å². The minimum Gasteiger partial charge on any atom is -0.339 e. The van der Waals surface area contributed by atoms with E-state index >= 15 is 0 Å². The highest BCUT2D eigenvalue weighted by molar-refractivity contribution is 7.89. The lowest BCUT2D eigenvalue weighted by atomic mass is 9.96. The predicted molar refractivity (Wildman–Crippen MR) is 102 cm³/mol. The summed E-state index contributed by atoms with van der Waals surface area (Å²) in [6.07, 6.45) is -3.75. The molecule has 3 rings (SSSR count). The number of rotatable bonds is 4. The number of benzene rings is 1. The number of carbonyl (C=O) groups is 1. The fraction of sp³-hybridized carbons (Fsp3) is 0.632. The number of alkyl halides is 3. The smallest absolute Gasteiger partial charge is 0.339 e. The van der Waals surface area contributed by atoms with E-state index < -0.39 is 28.2 Å². The Morgan fingerprint density at radius 2 is 1.69 bits per heavy atom. The number of hydrogen-bond donors (Lipinski definition) is 0. The van der Waals surface area contributed by atoms with E-state index in [4.69, 9.17) is 0 Å². The minimum absolute atomic E-state index is 0.0942. The average molecular weight is 433 g/mol. The Bertz CT molecular complexity index is 809. The summed E-state index contributed by atoms with van der Waals surface area (Å²) in [4.78, 5) is 16.2. The van der Waals surface area contributed by atoms with Crippen LogP contribution >= 0.6 is 0 Å². The van der Waals surface area contributed by atoms with Gasteiger partial charge in [0.1, 0.15) is 0 Å². The van der Waals surface area contributed by atoms with Crippen molar-refractivity contribution in [3.05, 3.63) is 30.3 Å². The average Bonchev–Trinajstić information content (AvgIpc) is 2.73. The van der Waals surface area contributed by atoms with Gasteiger partial charge in [-0.2, -0.15) is 17.5 Å². The summed E-state index contributed by atoms with van der Waals surface area (Å²) < 4.78 is 65.8. The van der Waals surface area contributed by atoms with Crippen LogP contribution < -0.4 is 0 Å². The largest absolute Gasteiger partial charge is 0.393 e. The summed E-state index contributed by atoms with van der Waals surface area (Å²) in [5.74, 6) is -1.65. The fourth-order valence-electron chi connectivity index (χ4n) is 3.94. The van der Waals surface area contributed by atoms with Crippen LogP contribution in [0, 0.1) is 5.92 Å². The van der Waals surface area contributed by atoms with Gasteiger partial charge in [-0.15, -0.1) is 0 Å². The SMILES string of the molecule is C[C@@H](C(=O)N1CCN(S(=O)(=O)c2ccccc2)CC1)N1CCC[C@@H](C(F)(F)F)C1. The van der Waals surface area contributed by atoms with Crippen molar-refractivity contribution in [1.29, 1.82) is 0 Å². The maximum absolute atomic E-state index is 13.0. The molecule has 2 aliphatic heterocycles. The maximum atomic E-state index is 13.0. The molecule has 2 heterocycles. The highest BCUT2D eigenvalue weighted by Crippen LogP contribution is 2.33. The Morgan fingerprint density at radius 1 is 1.07 bits per heavy atom. The van der Waals surface area contributed by atoms with Crippen LogP contribution in [0.3, 0.4) is 0 Å². The van der Waals surface area contributed by atoms with Gasteiger partial charge in [0.15, 0.2) is 0 Å². The molecule has 0 aromatic heterocycles. The highest BCUT2D eigenvalue weighted by atomic mass is 32.2. The fourth-order valence-corrected chi connectivity index (χ4v) is 5.38. The first-order valence-corrected chi connectivity index (χ1v) is 11.2. The second-order valence-electron chi connectivity index (χ2n) is 7.59. The van der Waals surface area contributed by atoms with Crippen LogP contribution in [0.15, 0.2) is 35.2 Å². The molecule has 0 N–H and O–H groups in total. The topological polar surface area (TPSA) is 60.9 Å². The van der Waals surface area contributed by atoms with E-state index in [2.05, 4.69) is 0 Å². The Hall–Kier alpha value is -1.65. The second kappa shape index (κ2) is 8.61. The summed E-state index contributed by atoms with van der Waals surface area (Å²) in [5.41, 5.74) is 0. The number of hydrogen-bond acceptors (Lipinski definition) is 4. The summed E-state index contributed by atoms with van der Waals surface area (Å²) in [6, 6.07) is 7.45. The molecule has 1 amide bonds. The first kappa shape index (κ1) is 22.0. The zero-order valence-electron chi connectivity index (χ0n) is 16.3. The third-order valence-electron chi connectivity index (χ3n) is 5.75. The number of nitrogens with zero attached hydrogens (tertiary/aromatic N) is 3. The first-order valence-electron chi connectivity index (χ1n) is 9.75. The van der Waals surface area contributed by atoms with Crippen molar-refractivity contribution in [3.63, 3.8) is 0 Å². The molecule has 0 radical (unpaired) electrons. The predicted octanol–water partition coefficient (Wildman–Crippen LogP) is 2.18. The lowest BCUT2D eigenvalue weighted by Crippen LogP contribution is -2.56. The third-order valence-corrected chi connectivity index (χ3v) is 7.66. The molecule has 0 unspecified atom stereocenters. The van der Waals surface area contributed by atoms with Gasteiger partial charge < -0.3 is 4.90 Å². The van der Waals surface area contributed by atoms with E-state index in [0.717, 1.165) is 0 Å². The molecule has 2 atom stereocenters. The van der Waals surface area contributed by atoms with Gasteiger partial charge in [0.25, 0.3) is 0 Å². The maximum Gasteiger partial charge on any atom is 0.393 e. The van der Waals surface area contributed by atoms with Crippen LogP contribution in [0.4, 0.5) is 13.2 Å². The number of amides is 1. The molecule has 0 saturated carbocycles. The van der Waals surface area contributed by atoms with Gasteiger partial charge in [0, 0.05) is 32.7 Å². The molecular weight excluding hydrogens is 407 g/mol. The molecule has 162 valence electrons. The Morgan fingerprint density at radius 3 is 2.28 bits per heavy atom. The quantitative estimate of drug-likeness (QED) is 0.730. The molecule has 2 fully saturated rings. The lowest BCUT2D eigenvalue weighted by Gasteiger charge is -2.40. The number of sulfonamides is 1. The molecule has 29 heavy (non-hydrogen) atoms. The molecule has 2 aliphatic rings. The van der Waals surface area contributed by atoms with Gasteiger partial charge in [-0.25, -0.2) is 8.42 Å². The number of halogens is 3. The van der Waals surface area contributed by atoms with Crippen LogP contribution in [0.25, 0.3) is 0 Å². The van der Waals surface area contributed by atoms with Crippen LogP contribution in [0.1, 0.15) is 19.8 Å². The van der Waals surface area contributed by atoms with Gasteiger partial charge in [0.2, 0.25) is 15.9 Å².